The third-order valence-electron chi connectivity index (χ3n) is 1.92. The van der Waals surface area contributed by atoms with Gasteiger partial charge in [-0.25, -0.2) is 19.3 Å². The summed E-state index contributed by atoms with van der Waals surface area (Å²) >= 11 is 0. The number of aryl methyl sites for hydroxylation is 1. The van der Waals surface area contributed by atoms with E-state index in [0.717, 1.165) is 4.57 Å². The largest absolute Gasteiger partial charge is 0.477 e. The van der Waals surface area contributed by atoms with E-state index in [0.29, 0.717) is 0 Å². The number of rotatable bonds is 2. The second-order valence-corrected chi connectivity index (χ2v) is 2.84. The normalized spacial score (nSPS) is 10.5. The van der Waals surface area contributed by atoms with E-state index in [9.17, 15) is 9.59 Å². The Bertz CT molecular complexity index is 563. The summed E-state index contributed by atoms with van der Waals surface area (Å²) in [6.45, 7) is 0. The van der Waals surface area contributed by atoms with Gasteiger partial charge in [-0.05, 0) is 0 Å². The van der Waals surface area contributed by atoms with Gasteiger partial charge in [0.15, 0.2) is 5.82 Å². The number of nitrogens with zero attached hydrogens (tertiary/aromatic N) is 4. The standard InChI is InChI=1S/C7H7N5O3/c1-11-5(4(2-9-11)6(13)14)12-3-8-10-7(12)15/h2-3H,1H3,(H,10,15)(H,13,14). The number of carboxylic acid groups (broad SMARTS) is 1. The Kier molecular flexibility index (Phi) is 1.89. The van der Waals surface area contributed by atoms with E-state index < -0.39 is 11.7 Å². The Morgan fingerprint density at radius 3 is 2.87 bits per heavy atom. The maximum Gasteiger partial charge on any atom is 0.348 e. The number of carboxylic acids is 1. The van der Waals surface area contributed by atoms with Crippen LogP contribution < -0.4 is 5.69 Å². The van der Waals surface area contributed by atoms with Crippen LogP contribution in [0.2, 0.25) is 0 Å². The van der Waals surface area contributed by atoms with Crippen LogP contribution in [0.5, 0.6) is 0 Å². The molecule has 0 amide bonds. The quantitative estimate of drug-likeness (QED) is 0.659. The molecule has 15 heavy (non-hydrogen) atoms. The van der Waals surface area contributed by atoms with E-state index in [1.54, 1.807) is 7.05 Å². The van der Waals surface area contributed by atoms with E-state index in [1.165, 1.54) is 17.2 Å². The molecule has 0 bridgehead atoms. The van der Waals surface area contributed by atoms with Crippen molar-refractivity contribution in [1.82, 2.24) is 24.5 Å². The number of hydrogen-bond donors (Lipinski definition) is 2. The van der Waals surface area contributed by atoms with Crippen LogP contribution in [0.25, 0.3) is 5.82 Å². The molecule has 0 aliphatic heterocycles. The summed E-state index contributed by atoms with van der Waals surface area (Å²) in [6, 6.07) is 0. The molecule has 0 fully saturated rings. The lowest BCUT2D eigenvalue weighted by molar-refractivity contribution is 0.0697. The first-order valence-corrected chi connectivity index (χ1v) is 3.99. The molecular formula is C7H7N5O3. The van der Waals surface area contributed by atoms with Crippen LogP contribution in [-0.2, 0) is 7.05 Å². The third kappa shape index (κ3) is 1.31. The van der Waals surface area contributed by atoms with E-state index >= 15 is 0 Å². The summed E-state index contributed by atoms with van der Waals surface area (Å²) in [5, 5.41) is 18.3. The van der Waals surface area contributed by atoms with Crippen LogP contribution in [0.15, 0.2) is 17.3 Å². The molecule has 0 spiro atoms. The molecule has 2 aromatic heterocycles. The minimum Gasteiger partial charge on any atom is -0.477 e. The van der Waals surface area contributed by atoms with Gasteiger partial charge in [-0.1, -0.05) is 0 Å². The number of H-pyrrole nitrogens is 1. The molecule has 0 aliphatic rings. The Morgan fingerprint density at radius 1 is 1.60 bits per heavy atom. The molecule has 2 aromatic rings. The zero-order valence-corrected chi connectivity index (χ0v) is 7.71. The zero-order chi connectivity index (χ0) is 11.0. The number of aromatic amines is 1. The SMILES string of the molecule is Cn1ncc(C(=O)O)c1-n1cn[nH]c1=O. The molecule has 0 saturated heterocycles. The van der Waals surface area contributed by atoms with Gasteiger partial charge in [0.05, 0.1) is 6.20 Å². The van der Waals surface area contributed by atoms with Crippen molar-refractivity contribution in [1.29, 1.82) is 0 Å². The van der Waals surface area contributed by atoms with Crippen molar-refractivity contribution in [2.75, 3.05) is 0 Å². The fourth-order valence-electron chi connectivity index (χ4n) is 1.27. The Morgan fingerprint density at radius 2 is 2.33 bits per heavy atom. The van der Waals surface area contributed by atoms with Crippen LogP contribution in [0.3, 0.4) is 0 Å². The smallest absolute Gasteiger partial charge is 0.348 e. The number of nitrogens with one attached hydrogen (secondary N) is 1. The van der Waals surface area contributed by atoms with Gasteiger partial charge in [-0.3, -0.25) is 4.68 Å². The second kappa shape index (κ2) is 3.08. The lowest BCUT2D eigenvalue weighted by atomic mass is 10.3. The van der Waals surface area contributed by atoms with Crippen molar-refractivity contribution in [2.45, 2.75) is 0 Å². The Balaban J connectivity index is 2.72. The molecule has 2 rings (SSSR count). The van der Waals surface area contributed by atoms with Crippen LogP contribution in [0.1, 0.15) is 10.4 Å². The fourth-order valence-corrected chi connectivity index (χ4v) is 1.27. The number of hydrogen-bond acceptors (Lipinski definition) is 4. The average Bonchev–Trinajstić information content (AvgIpc) is 2.71. The van der Waals surface area contributed by atoms with E-state index in [4.69, 9.17) is 5.11 Å². The van der Waals surface area contributed by atoms with Crippen molar-refractivity contribution >= 4 is 5.97 Å². The molecule has 0 saturated carbocycles. The molecule has 8 heteroatoms. The lowest BCUT2D eigenvalue weighted by Gasteiger charge is -2.01. The lowest BCUT2D eigenvalue weighted by Crippen LogP contribution is -2.19. The van der Waals surface area contributed by atoms with Crippen LogP contribution >= 0.6 is 0 Å². The number of aromatic nitrogens is 5. The maximum absolute atomic E-state index is 11.3. The first kappa shape index (κ1) is 9.19. The molecule has 0 unspecified atom stereocenters. The highest BCUT2D eigenvalue weighted by atomic mass is 16.4. The summed E-state index contributed by atoms with van der Waals surface area (Å²) in [4.78, 5) is 22.1. The van der Waals surface area contributed by atoms with E-state index in [2.05, 4.69) is 15.3 Å². The van der Waals surface area contributed by atoms with Gasteiger partial charge in [-0.2, -0.15) is 10.2 Å². The molecule has 8 nitrogen and oxygen atoms in total. The summed E-state index contributed by atoms with van der Waals surface area (Å²) in [5.41, 5.74) is -0.567. The zero-order valence-electron chi connectivity index (χ0n) is 7.71. The van der Waals surface area contributed by atoms with Crippen molar-refractivity contribution in [3.63, 3.8) is 0 Å². The average molecular weight is 209 g/mol. The molecule has 0 radical (unpaired) electrons. The maximum atomic E-state index is 11.3. The van der Waals surface area contributed by atoms with Gasteiger partial charge in [0.2, 0.25) is 0 Å². The highest BCUT2D eigenvalue weighted by Crippen LogP contribution is 2.10. The summed E-state index contributed by atoms with van der Waals surface area (Å²) in [6.07, 6.45) is 2.38. The van der Waals surface area contributed by atoms with E-state index in [1.807, 2.05) is 0 Å². The van der Waals surface area contributed by atoms with Gasteiger partial charge in [0.1, 0.15) is 11.9 Å². The highest BCUT2D eigenvalue weighted by Gasteiger charge is 2.18. The van der Waals surface area contributed by atoms with Crippen LogP contribution in [0.4, 0.5) is 0 Å². The van der Waals surface area contributed by atoms with E-state index in [-0.39, 0.29) is 11.4 Å². The first-order chi connectivity index (χ1) is 7.11. The minimum atomic E-state index is -1.15. The third-order valence-corrected chi connectivity index (χ3v) is 1.92. The van der Waals surface area contributed by atoms with Gasteiger partial charge >= 0.3 is 11.7 Å². The second-order valence-electron chi connectivity index (χ2n) is 2.84. The fraction of sp³-hybridized carbons (Fsp3) is 0.143. The van der Waals surface area contributed by atoms with Crippen LogP contribution in [0, 0.1) is 0 Å². The highest BCUT2D eigenvalue weighted by molar-refractivity contribution is 5.90. The van der Waals surface area contributed by atoms with Gasteiger partial charge in [-0.15, -0.1) is 0 Å². The molecule has 2 N–H and O–H groups in total. The van der Waals surface area contributed by atoms with Gasteiger partial charge < -0.3 is 5.11 Å². The molecule has 78 valence electrons. The summed E-state index contributed by atoms with van der Waals surface area (Å²) in [7, 11) is 1.54. The monoisotopic (exact) mass is 209 g/mol. The number of aromatic carboxylic acids is 1. The first-order valence-electron chi connectivity index (χ1n) is 3.99. The van der Waals surface area contributed by atoms with Crippen molar-refractivity contribution in [2.24, 2.45) is 7.05 Å². The van der Waals surface area contributed by atoms with Gasteiger partial charge in [0, 0.05) is 7.05 Å². The molecule has 0 aliphatic carbocycles. The number of carbonyl (C=O) groups is 1. The summed E-state index contributed by atoms with van der Waals surface area (Å²) < 4.78 is 2.37. The molecule has 0 atom stereocenters. The Labute approximate surface area is 82.8 Å². The van der Waals surface area contributed by atoms with Crippen LogP contribution in [-0.4, -0.2) is 35.6 Å². The minimum absolute atomic E-state index is 0.0546. The predicted octanol–water partition coefficient (Wildman–Crippen LogP) is -1.01. The topological polar surface area (TPSA) is 106 Å². The van der Waals surface area contributed by atoms with Gasteiger partial charge in [0.25, 0.3) is 0 Å². The van der Waals surface area contributed by atoms with Crippen molar-refractivity contribution in [3.8, 4) is 5.82 Å². The molecule has 0 aromatic carbocycles. The molecular weight excluding hydrogens is 202 g/mol. The Hall–Kier alpha value is -2.38. The van der Waals surface area contributed by atoms with Crippen molar-refractivity contribution in [3.05, 3.63) is 28.6 Å². The molecule has 2 heterocycles. The summed E-state index contributed by atoms with van der Waals surface area (Å²) in [5.74, 6) is -0.979. The van der Waals surface area contributed by atoms with Crippen molar-refractivity contribution < 1.29 is 9.90 Å². The predicted molar refractivity (Wildman–Crippen MR) is 47.9 cm³/mol.